The highest BCUT2D eigenvalue weighted by molar-refractivity contribution is 5.94. The van der Waals surface area contributed by atoms with Gasteiger partial charge in [0.25, 0.3) is 5.91 Å². The first-order valence-corrected chi connectivity index (χ1v) is 10.0. The van der Waals surface area contributed by atoms with Crippen molar-refractivity contribution < 1.29 is 4.79 Å². The van der Waals surface area contributed by atoms with Crippen LogP contribution in [0.15, 0.2) is 36.9 Å². The second-order valence-corrected chi connectivity index (χ2v) is 7.75. The Bertz CT molecular complexity index is 976. The van der Waals surface area contributed by atoms with Crippen LogP contribution < -0.4 is 0 Å². The molecule has 1 fully saturated rings. The highest BCUT2D eigenvalue weighted by atomic mass is 16.2. The van der Waals surface area contributed by atoms with Gasteiger partial charge in [-0.15, -0.1) is 0 Å². The fraction of sp³-hybridized carbons (Fsp3) is 0.429. The molecule has 1 amide bonds. The molecule has 5 rings (SSSR count). The Morgan fingerprint density at radius 3 is 3.11 bits per heavy atom. The molecule has 1 aliphatic carbocycles. The van der Waals surface area contributed by atoms with Gasteiger partial charge in [0.15, 0.2) is 5.69 Å². The summed E-state index contributed by atoms with van der Waals surface area (Å²) in [5.41, 5.74) is 4.05. The lowest BCUT2D eigenvalue weighted by atomic mass is 9.96. The van der Waals surface area contributed by atoms with E-state index in [0.717, 1.165) is 67.8 Å². The third-order valence-electron chi connectivity index (χ3n) is 5.91. The second-order valence-electron chi connectivity index (χ2n) is 7.75. The lowest BCUT2D eigenvalue weighted by Gasteiger charge is -2.32. The number of aromatic amines is 1. The number of carbonyl (C=O) groups excluding carboxylic acids is 1. The van der Waals surface area contributed by atoms with Gasteiger partial charge in [0.05, 0.1) is 6.54 Å². The Hall–Kier alpha value is -2.96. The molecule has 0 saturated carbocycles. The molecule has 0 radical (unpaired) electrons. The van der Waals surface area contributed by atoms with Crippen LogP contribution in [-0.4, -0.2) is 48.6 Å². The van der Waals surface area contributed by atoms with Crippen LogP contribution in [0.3, 0.4) is 0 Å². The Morgan fingerprint density at radius 1 is 1.25 bits per heavy atom. The molecule has 3 aromatic heterocycles. The second kappa shape index (κ2) is 7.22. The summed E-state index contributed by atoms with van der Waals surface area (Å²) < 4.78 is 2.18. The Kier molecular flexibility index (Phi) is 4.43. The largest absolute Gasteiger partial charge is 0.337 e. The van der Waals surface area contributed by atoms with E-state index in [2.05, 4.69) is 30.8 Å². The van der Waals surface area contributed by atoms with E-state index in [0.29, 0.717) is 12.2 Å². The quantitative estimate of drug-likeness (QED) is 0.759. The fourth-order valence-electron chi connectivity index (χ4n) is 4.52. The van der Waals surface area contributed by atoms with Crippen molar-refractivity contribution in [1.29, 1.82) is 0 Å². The van der Waals surface area contributed by atoms with E-state index in [4.69, 9.17) is 0 Å². The van der Waals surface area contributed by atoms with E-state index in [1.54, 1.807) is 6.20 Å². The number of carbonyl (C=O) groups is 1. The third kappa shape index (κ3) is 3.10. The summed E-state index contributed by atoms with van der Waals surface area (Å²) in [5.74, 6) is 1.36. The van der Waals surface area contributed by atoms with E-state index in [-0.39, 0.29) is 11.8 Å². The lowest BCUT2D eigenvalue weighted by molar-refractivity contribution is 0.0696. The SMILES string of the molecule is O=C(c1n[nH]c2c1CCC2)N1CCCC(c2nccn2Cc2cccnc2)C1. The van der Waals surface area contributed by atoms with Crippen LogP contribution in [0.2, 0.25) is 0 Å². The van der Waals surface area contributed by atoms with Gasteiger partial charge < -0.3 is 9.47 Å². The smallest absolute Gasteiger partial charge is 0.274 e. The molecule has 4 heterocycles. The maximum atomic E-state index is 13.1. The predicted molar refractivity (Wildman–Crippen MR) is 104 cm³/mol. The molecule has 1 atom stereocenters. The number of rotatable bonds is 4. The molecule has 144 valence electrons. The van der Waals surface area contributed by atoms with Crippen molar-refractivity contribution in [1.82, 2.24) is 29.6 Å². The number of nitrogens with zero attached hydrogens (tertiary/aromatic N) is 5. The van der Waals surface area contributed by atoms with Gasteiger partial charge in [0.2, 0.25) is 0 Å². The molecular formula is C21H24N6O. The van der Waals surface area contributed by atoms with Crippen molar-refractivity contribution in [3.05, 3.63) is 65.3 Å². The molecule has 0 spiro atoms. The van der Waals surface area contributed by atoms with Crippen LogP contribution in [0.1, 0.15) is 58.3 Å². The van der Waals surface area contributed by atoms with E-state index in [9.17, 15) is 4.79 Å². The Morgan fingerprint density at radius 2 is 2.21 bits per heavy atom. The van der Waals surface area contributed by atoms with Gasteiger partial charge in [-0.05, 0) is 43.7 Å². The van der Waals surface area contributed by atoms with E-state index in [1.807, 2.05) is 29.6 Å². The normalized spacial score (nSPS) is 19.0. The van der Waals surface area contributed by atoms with Crippen LogP contribution in [-0.2, 0) is 19.4 Å². The first kappa shape index (κ1) is 17.2. The number of hydrogen-bond donors (Lipinski definition) is 1. The summed E-state index contributed by atoms with van der Waals surface area (Å²) in [5, 5.41) is 7.39. The lowest BCUT2D eigenvalue weighted by Crippen LogP contribution is -2.40. The van der Waals surface area contributed by atoms with E-state index < -0.39 is 0 Å². The molecule has 0 bridgehead atoms. The molecule has 1 saturated heterocycles. The highest BCUT2D eigenvalue weighted by Crippen LogP contribution is 2.29. The summed E-state index contributed by atoms with van der Waals surface area (Å²) in [4.78, 5) is 23.9. The molecule has 7 heteroatoms. The topological polar surface area (TPSA) is 79.7 Å². The number of amides is 1. The van der Waals surface area contributed by atoms with Crippen LogP contribution in [0.5, 0.6) is 0 Å². The summed E-state index contributed by atoms with van der Waals surface area (Å²) >= 11 is 0. The van der Waals surface area contributed by atoms with Gasteiger partial charge in [-0.2, -0.15) is 5.10 Å². The standard InChI is InChI=1S/C21H24N6O/c28-21(19-17-6-1-7-18(17)24-25-19)27-10-3-5-16(14-27)20-23-9-11-26(20)13-15-4-2-8-22-12-15/h2,4,8-9,11-12,16H,1,3,5-7,10,13-14H2,(H,24,25). The minimum Gasteiger partial charge on any atom is -0.337 e. The van der Waals surface area contributed by atoms with Crippen molar-refractivity contribution in [2.24, 2.45) is 0 Å². The molecule has 1 unspecified atom stereocenters. The van der Waals surface area contributed by atoms with Crippen molar-refractivity contribution in [3.8, 4) is 0 Å². The zero-order chi connectivity index (χ0) is 18.9. The van der Waals surface area contributed by atoms with E-state index >= 15 is 0 Å². The fourth-order valence-corrected chi connectivity index (χ4v) is 4.52. The molecular weight excluding hydrogens is 352 g/mol. The van der Waals surface area contributed by atoms with Gasteiger partial charge in [-0.25, -0.2) is 4.98 Å². The van der Waals surface area contributed by atoms with E-state index in [1.165, 1.54) is 0 Å². The van der Waals surface area contributed by atoms with Crippen molar-refractivity contribution in [3.63, 3.8) is 0 Å². The van der Waals surface area contributed by atoms with Crippen molar-refractivity contribution >= 4 is 5.91 Å². The Labute approximate surface area is 163 Å². The van der Waals surface area contributed by atoms with Crippen LogP contribution in [0.4, 0.5) is 0 Å². The third-order valence-corrected chi connectivity index (χ3v) is 5.91. The average Bonchev–Trinajstić information content (AvgIpc) is 3.45. The van der Waals surface area contributed by atoms with Gasteiger partial charge in [-0.1, -0.05) is 6.07 Å². The summed E-state index contributed by atoms with van der Waals surface area (Å²) in [6, 6.07) is 4.03. The molecule has 1 aliphatic heterocycles. The number of nitrogens with one attached hydrogen (secondary N) is 1. The highest BCUT2D eigenvalue weighted by Gasteiger charge is 2.31. The molecule has 0 aromatic carbocycles. The minimum atomic E-state index is 0.0643. The number of aromatic nitrogens is 5. The average molecular weight is 376 g/mol. The van der Waals surface area contributed by atoms with Gasteiger partial charge in [0, 0.05) is 55.1 Å². The maximum Gasteiger partial charge on any atom is 0.274 e. The molecule has 7 nitrogen and oxygen atoms in total. The maximum absolute atomic E-state index is 13.1. The minimum absolute atomic E-state index is 0.0643. The zero-order valence-electron chi connectivity index (χ0n) is 15.8. The monoisotopic (exact) mass is 376 g/mol. The molecule has 1 N–H and O–H groups in total. The molecule has 2 aliphatic rings. The summed E-state index contributed by atoms with van der Waals surface area (Å²) in [6.45, 7) is 2.24. The first-order valence-electron chi connectivity index (χ1n) is 10.0. The van der Waals surface area contributed by atoms with Crippen LogP contribution in [0.25, 0.3) is 0 Å². The van der Waals surface area contributed by atoms with Crippen LogP contribution >= 0.6 is 0 Å². The van der Waals surface area contributed by atoms with Gasteiger partial charge >= 0.3 is 0 Å². The van der Waals surface area contributed by atoms with Crippen LogP contribution in [0, 0.1) is 0 Å². The van der Waals surface area contributed by atoms with Gasteiger partial charge in [0.1, 0.15) is 5.82 Å². The van der Waals surface area contributed by atoms with Gasteiger partial charge in [-0.3, -0.25) is 14.9 Å². The number of pyridine rings is 1. The van der Waals surface area contributed by atoms with Crippen molar-refractivity contribution in [2.75, 3.05) is 13.1 Å². The number of hydrogen-bond acceptors (Lipinski definition) is 4. The molecule has 3 aromatic rings. The number of aryl methyl sites for hydroxylation is 1. The number of fused-ring (bicyclic) bond motifs is 1. The Balaban J connectivity index is 1.34. The number of piperidine rings is 1. The number of imidazole rings is 1. The zero-order valence-corrected chi connectivity index (χ0v) is 15.8. The summed E-state index contributed by atoms with van der Waals surface area (Å²) in [7, 11) is 0. The number of H-pyrrole nitrogens is 1. The van der Waals surface area contributed by atoms with Crippen molar-refractivity contribution in [2.45, 2.75) is 44.6 Å². The molecule has 28 heavy (non-hydrogen) atoms. The summed E-state index contributed by atoms with van der Waals surface area (Å²) in [6.07, 6.45) is 12.7. The number of likely N-dealkylation sites (tertiary alicyclic amines) is 1. The first-order chi connectivity index (χ1) is 13.8. The predicted octanol–water partition coefficient (Wildman–Crippen LogP) is 2.56.